The molecule has 0 atom stereocenters. The van der Waals surface area contributed by atoms with Gasteiger partial charge in [0.1, 0.15) is 8.64 Å². The van der Waals surface area contributed by atoms with E-state index >= 15 is 0 Å². The van der Waals surface area contributed by atoms with E-state index in [2.05, 4.69) is 60.7 Å². The van der Waals surface area contributed by atoms with Crippen molar-refractivity contribution in [1.82, 2.24) is 9.80 Å². The molecule has 6 rings (SSSR count). The Labute approximate surface area is 216 Å². The zero-order valence-corrected chi connectivity index (χ0v) is 21.8. The largest absolute Gasteiger partial charge is 0.293 e. The molecular weight excluding hydrogens is 501 g/mol. The van der Waals surface area contributed by atoms with Crippen molar-refractivity contribution in [1.29, 1.82) is 0 Å². The molecule has 2 aliphatic rings. The maximum atomic E-state index is 12.1. The average Bonchev–Trinajstić information content (AvgIpc) is 3.30. The number of carbonyl (C=O) groups is 2. The molecule has 0 unspecified atom stereocenters. The predicted octanol–water partition coefficient (Wildman–Crippen LogP) is 6.54. The Morgan fingerprint density at radius 3 is 1.21 bits per heavy atom. The molecule has 0 spiro atoms. The Morgan fingerprint density at radius 2 is 0.941 bits per heavy atom. The molecule has 34 heavy (non-hydrogen) atoms. The molecule has 2 fully saturated rings. The third-order valence-corrected chi connectivity index (χ3v) is 8.96. The van der Waals surface area contributed by atoms with Crippen LogP contribution < -0.4 is 0 Å². The Bertz CT molecular complexity index is 1350. The number of carbonyl (C=O) groups excluding carboxylic acids is 2. The summed E-state index contributed by atoms with van der Waals surface area (Å²) in [5.41, 5.74) is 0. The first kappa shape index (κ1) is 23.2. The first-order chi connectivity index (χ1) is 16.4. The number of rotatable bonds is 2. The number of hydrogen-bond donors (Lipinski definition) is 0. The Balaban J connectivity index is 0.000000142. The van der Waals surface area contributed by atoms with Gasteiger partial charge in [0.25, 0.3) is 11.8 Å². The normalized spacial score (nSPS) is 18.6. The van der Waals surface area contributed by atoms with E-state index in [0.717, 1.165) is 0 Å². The first-order valence-corrected chi connectivity index (χ1v) is 13.3. The zero-order chi connectivity index (χ0) is 24.0. The van der Waals surface area contributed by atoms with E-state index in [9.17, 15) is 9.59 Å². The molecule has 2 saturated heterocycles. The standard InChI is InChI=1S/C16H10.C10H10N2O2S4/c1-3-11-7-9-13-5-2-6-14-10-8-12(4-1)15(11)16(13)14;1-3-11-7(13)5(17-9(11)15)6-8(14)12(4-2)10(16)18-6/h1-10H;3-4H2,1-2H3/b;6-5+. The van der Waals surface area contributed by atoms with Crippen molar-refractivity contribution in [2.75, 3.05) is 13.1 Å². The maximum absolute atomic E-state index is 12.1. The second kappa shape index (κ2) is 9.26. The molecule has 8 heteroatoms. The average molecular weight is 521 g/mol. The quantitative estimate of drug-likeness (QED) is 0.170. The molecule has 4 nitrogen and oxygen atoms in total. The molecule has 0 saturated carbocycles. The van der Waals surface area contributed by atoms with Crippen molar-refractivity contribution < 1.29 is 9.59 Å². The molecule has 4 aromatic carbocycles. The summed E-state index contributed by atoms with van der Waals surface area (Å²) in [5, 5.41) is 8.14. The van der Waals surface area contributed by atoms with Crippen molar-refractivity contribution in [3.05, 3.63) is 70.5 Å². The van der Waals surface area contributed by atoms with Gasteiger partial charge in [0.15, 0.2) is 0 Å². The summed E-state index contributed by atoms with van der Waals surface area (Å²) in [7, 11) is 0. The lowest BCUT2D eigenvalue weighted by Crippen LogP contribution is -2.29. The van der Waals surface area contributed by atoms with Gasteiger partial charge in [-0.2, -0.15) is 0 Å². The summed E-state index contributed by atoms with van der Waals surface area (Å²) in [6.07, 6.45) is 0. The molecular formula is C26H20N2O2S4. The highest BCUT2D eigenvalue weighted by Gasteiger charge is 2.40. The second-order valence-corrected chi connectivity index (χ2v) is 11.1. The van der Waals surface area contributed by atoms with Gasteiger partial charge in [-0.1, -0.05) is 109 Å². The van der Waals surface area contributed by atoms with Crippen molar-refractivity contribution in [3.63, 3.8) is 0 Å². The molecule has 0 radical (unpaired) electrons. The molecule has 2 amide bonds. The fraction of sp³-hybridized carbons (Fsp3) is 0.154. The van der Waals surface area contributed by atoms with E-state index in [4.69, 9.17) is 24.4 Å². The molecule has 0 bridgehead atoms. The van der Waals surface area contributed by atoms with Gasteiger partial charge in [0, 0.05) is 13.1 Å². The highest BCUT2D eigenvalue weighted by Crippen LogP contribution is 2.41. The fourth-order valence-corrected chi connectivity index (χ4v) is 7.21. The highest BCUT2D eigenvalue weighted by molar-refractivity contribution is 8.29. The number of benzene rings is 4. The number of thioether (sulfide) groups is 2. The van der Waals surface area contributed by atoms with E-state index in [-0.39, 0.29) is 11.8 Å². The minimum Gasteiger partial charge on any atom is -0.293 e. The minimum atomic E-state index is -0.191. The molecule has 2 heterocycles. The van der Waals surface area contributed by atoms with E-state index in [1.54, 1.807) is 0 Å². The monoisotopic (exact) mass is 520 g/mol. The van der Waals surface area contributed by atoms with Crippen LogP contribution in [-0.4, -0.2) is 43.3 Å². The third-order valence-electron chi connectivity index (χ3n) is 5.93. The van der Waals surface area contributed by atoms with Gasteiger partial charge in [0.2, 0.25) is 0 Å². The maximum Gasteiger partial charge on any atom is 0.267 e. The summed E-state index contributed by atoms with van der Waals surface area (Å²) in [6.45, 7) is 4.74. The SMILES string of the molecule is CCN1C(=O)/C(=C2\SC(=S)N(CC)C2=O)SC1=S.c1cc2ccc3cccc4ccc(c1)c2c34. The third kappa shape index (κ3) is 3.79. The number of nitrogens with zero attached hydrogens (tertiary/aromatic N) is 2. The van der Waals surface area contributed by atoms with Crippen molar-refractivity contribution >= 4 is 101 Å². The van der Waals surface area contributed by atoms with Gasteiger partial charge >= 0.3 is 0 Å². The lowest BCUT2D eigenvalue weighted by Gasteiger charge is -2.10. The Hall–Kier alpha value is -2.52. The van der Waals surface area contributed by atoms with Crippen LogP contribution in [0.15, 0.2) is 70.5 Å². The zero-order valence-electron chi connectivity index (χ0n) is 18.5. The van der Waals surface area contributed by atoms with Crippen molar-refractivity contribution in [3.8, 4) is 0 Å². The Morgan fingerprint density at radius 1 is 0.618 bits per heavy atom. The van der Waals surface area contributed by atoms with Gasteiger partial charge in [-0.05, 0) is 46.2 Å². The Kier molecular flexibility index (Phi) is 6.33. The summed E-state index contributed by atoms with van der Waals surface area (Å²) < 4.78 is 0.999. The molecule has 4 aromatic rings. The van der Waals surface area contributed by atoms with Gasteiger partial charge in [-0.3, -0.25) is 19.4 Å². The van der Waals surface area contributed by atoms with Crippen LogP contribution in [0.3, 0.4) is 0 Å². The van der Waals surface area contributed by atoms with Crippen LogP contribution >= 0.6 is 48.0 Å². The molecule has 0 N–H and O–H groups in total. The lowest BCUT2D eigenvalue weighted by atomic mass is 9.95. The topological polar surface area (TPSA) is 40.6 Å². The number of likely N-dealkylation sites (N-methyl/N-ethyl adjacent to an activating group) is 2. The highest BCUT2D eigenvalue weighted by atomic mass is 32.2. The van der Waals surface area contributed by atoms with E-state index in [1.807, 2.05) is 13.8 Å². The minimum absolute atomic E-state index is 0.191. The van der Waals surface area contributed by atoms with E-state index < -0.39 is 0 Å². The predicted molar refractivity (Wildman–Crippen MR) is 152 cm³/mol. The van der Waals surface area contributed by atoms with Gasteiger partial charge in [-0.25, -0.2) is 0 Å². The van der Waals surface area contributed by atoms with Crippen molar-refractivity contribution in [2.45, 2.75) is 13.8 Å². The molecule has 0 aliphatic carbocycles. The first-order valence-electron chi connectivity index (χ1n) is 10.9. The molecule has 0 aromatic heterocycles. The number of hydrogen-bond acceptors (Lipinski definition) is 6. The lowest BCUT2D eigenvalue weighted by molar-refractivity contribution is -0.124. The number of thiocarbonyl (C=S) groups is 2. The van der Waals surface area contributed by atoms with Gasteiger partial charge in [-0.15, -0.1) is 0 Å². The fourth-order valence-electron chi connectivity index (χ4n) is 4.29. The van der Waals surface area contributed by atoms with Crippen LogP contribution in [0, 0.1) is 0 Å². The summed E-state index contributed by atoms with van der Waals surface area (Å²) in [4.78, 5) is 28.0. The number of amides is 2. The van der Waals surface area contributed by atoms with Crippen LogP contribution in [0.25, 0.3) is 32.3 Å². The van der Waals surface area contributed by atoms with E-state index in [0.29, 0.717) is 31.5 Å². The van der Waals surface area contributed by atoms with Crippen LogP contribution in [0.1, 0.15) is 13.8 Å². The molecule has 170 valence electrons. The second-order valence-electron chi connectivity index (χ2n) is 7.78. The van der Waals surface area contributed by atoms with Gasteiger partial charge < -0.3 is 0 Å². The summed E-state index contributed by atoms with van der Waals surface area (Å²) >= 11 is 12.6. The summed E-state index contributed by atoms with van der Waals surface area (Å²) in [5.74, 6) is -0.381. The van der Waals surface area contributed by atoms with Crippen LogP contribution in [-0.2, 0) is 9.59 Å². The smallest absolute Gasteiger partial charge is 0.267 e. The van der Waals surface area contributed by atoms with Crippen molar-refractivity contribution in [2.24, 2.45) is 0 Å². The van der Waals surface area contributed by atoms with E-state index in [1.165, 1.54) is 65.6 Å². The van der Waals surface area contributed by atoms with Crippen LogP contribution in [0.4, 0.5) is 0 Å². The van der Waals surface area contributed by atoms with Crippen LogP contribution in [0.2, 0.25) is 0 Å². The summed E-state index contributed by atoms with van der Waals surface area (Å²) in [6, 6.07) is 21.9. The van der Waals surface area contributed by atoms with Crippen LogP contribution in [0.5, 0.6) is 0 Å². The molecule has 2 aliphatic heterocycles. The van der Waals surface area contributed by atoms with Gasteiger partial charge in [0.05, 0.1) is 9.81 Å².